The number of hydrogen-bond donors (Lipinski definition) is 1. The maximum atomic E-state index is 13.5. The van der Waals surface area contributed by atoms with Crippen LogP contribution in [0.15, 0.2) is 48.5 Å². The standard InChI is InChI=1S/C20H25FN2O4S/c1-15(23(28(3,25)26)18-11-6-10-17(21)14-18)20(24)22-13-7-9-16-8-4-5-12-19(16)27-2/h4-6,8,10-12,14-15H,7,9,13H2,1-3H3,(H,22,24). The minimum absolute atomic E-state index is 0.110. The zero-order valence-corrected chi connectivity index (χ0v) is 17.0. The molecule has 0 aromatic heterocycles. The number of carbonyl (C=O) groups excluding carboxylic acids is 1. The van der Waals surface area contributed by atoms with Crippen molar-refractivity contribution in [3.63, 3.8) is 0 Å². The summed E-state index contributed by atoms with van der Waals surface area (Å²) in [6.07, 6.45) is 2.36. The summed E-state index contributed by atoms with van der Waals surface area (Å²) >= 11 is 0. The number of para-hydroxylation sites is 1. The van der Waals surface area contributed by atoms with Gasteiger partial charge in [-0.25, -0.2) is 12.8 Å². The molecule has 0 aliphatic carbocycles. The van der Waals surface area contributed by atoms with Gasteiger partial charge in [-0.05, 0) is 49.6 Å². The van der Waals surface area contributed by atoms with Gasteiger partial charge in [0.15, 0.2) is 0 Å². The Balaban J connectivity index is 1.99. The van der Waals surface area contributed by atoms with Gasteiger partial charge in [0, 0.05) is 6.54 Å². The van der Waals surface area contributed by atoms with E-state index in [0.717, 1.165) is 27.9 Å². The van der Waals surface area contributed by atoms with Crippen molar-refractivity contribution in [2.75, 3.05) is 24.2 Å². The average molecular weight is 408 g/mol. The minimum Gasteiger partial charge on any atom is -0.496 e. The van der Waals surface area contributed by atoms with E-state index in [1.165, 1.54) is 25.1 Å². The molecule has 152 valence electrons. The molecular weight excluding hydrogens is 383 g/mol. The lowest BCUT2D eigenvalue weighted by atomic mass is 10.1. The van der Waals surface area contributed by atoms with Crippen LogP contribution in [0.5, 0.6) is 5.75 Å². The molecule has 0 fully saturated rings. The summed E-state index contributed by atoms with van der Waals surface area (Å²) < 4.78 is 44.1. The van der Waals surface area contributed by atoms with Gasteiger partial charge in [0.25, 0.3) is 0 Å². The third kappa shape index (κ3) is 5.69. The fourth-order valence-corrected chi connectivity index (χ4v) is 4.14. The van der Waals surface area contributed by atoms with Gasteiger partial charge in [0.05, 0.1) is 19.1 Å². The van der Waals surface area contributed by atoms with E-state index < -0.39 is 27.8 Å². The van der Waals surface area contributed by atoms with E-state index in [9.17, 15) is 17.6 Å². The van der Waals surface area contributed by atoms with Crippen LogP contribution in [0.2, 0.25) is 0 Å². The number of nitrogens with zero attached hydrogens (tertiary/aromatic N) is 1. The second kappa shape index (κ2) is 9.54. The number of halogens is 1. The molecule has 0 saturated carbocycles. The first-order chi connectivity index (χ1) is 13.2. The minimum atomic E-state index is -3.77. The highest BCUT2D eigenvalue weighted by Crippen LogP contribution is 2.22. The molecule has 1 amide bonds. The number of carbonyl (C=O) groups is 1. The monoisotopic (exact) mass is 408 g/mol. The molecule has 2 rings (SSSR count). The highest BCUT2D eigenvalue weighted by molar-refractivity contribution is 7.92. The second-order valence-corrected chi connectivity index (χ2v) is 8.28. The summed E-state index contributed by atoms with van der Waals surface area (Å²) in [7, 11) is -2.17. The molecule has 0 bridgehead atoms. The third-order valence-corrected chi connectivity index (χ3v) is 5.51. The highest BCUT2D eigenvalue weighted by Gasteiger charge is 2.29. The van der Waals surface area contributed by atoms with E-state index in [-0.39, 0.29) is 5.69 Å². The Hall–Kier alpha value is -2.61. The fourth-order valence-electron chi connectivity index (χ4n) is 2.97. The molecule has 0 radical (unpaired) electrons. The van der Waals surface area contributed by atoms with Gasteiger partial charge in [-0.3, -0.25) is 9.10 Å². The Morgan fingerprint density at radius 1 is 1.21 bits per heavy atom. The van der Waals surface area contributed by atoms with Crippen LogP contribution in [-0.2, 0) is 21.2 Å². The predicted molar refractivity (Wildman–Crippen MR) is 108 cm³/mol. The molecule has 0 spiro atoms. The quantitative estimate of drug-likeness (QED) is 0.648. The molecule has 0 heterocycles. The number of hydrogen-bond acceptors (Lipinski definition) is 4. The molecule has 1 unspecified atom stereocenters. The lowest BCUT2D eigenvalue weighted by Crippen LogP contribution is -2.48. The van der Waals surface area contributed by atoms with Crippen LogP contribution in [-0.4, -0.2) is 40.3 Å². The predicted octanol–water partition coefficient (Wildman–Crippen LogP) is 2.74. The van der Waals surface area contributed by atoms with Gasteiger partial charge in [0.2, 0.25) is 15.9 Å². The van der Waals surface area contributed by atoms with Crippen molar-refractivity contribution in [2.45, 2.75) is 25.8 Å². The van der Waals surface area contributed by atoms with Crippen molar-refractivity contribution < 1.29 is 22.3 Å². The summed E-state index contributed by atoms with van der Waals surface area (Å²) in [4.78, 5) is 12.5. The van der Waals surface area contributed by atoms with E-state index >= 15 is 0 Å². The summed E-state index contributed by atoms with van der Waals surface area (Å²) in [6, 6.07) is 11.8. The number of sulfonamides is 1. The summed E-state index contributed by atoms with van der Waals surface area (Å²) in [6.45, 7) is 1.85. The van der Waals surface area contributed by atoms with Crippen LogP contribution in [0.3, 0.4) is 0 Å². The van der Waals surface area contributed by atoms with Crippen LogP contribution >= 0.6 is 0 Å². The molecule has 2 aromatic carbocycles. The number of ether oxygens (including phenoxy) is 1. The molecule has 2 aromatic rings. The third-order valence-electron chi connectivity index (χ3n) is 4.27. The smallest absolute Gasteiger partial charge is 0.243 e. The molecule has 0 saturated heterocycles. The number of amides is 1. The summed E-state index contributed by atoms with van der Waals surface area (Å²) in [5, 5.41) is 2.75. The highest BCUT2D eigenvalue weighted by atomic mass is 32.2. The van der Waals surface area contributed by atoms with Gasteiger partial charge in [-0.15, -0.1) is 0 Å². The first-order valence-electron chi connectivity index (χ1n) is 8.88. The van der Waals surface area contributed by atoms with Crippen molar-refractivity contribution in [3.05, 3.63) is 59.9 Å². The second-order valence-electron chi connectivity index (χ2n) is 6.42. The van der Waals surface area contributed by atoms with Gasteiger partial charge in [-0.1, -0.05) is 24.3 Å². The molecular formula is C20H25FN2O4S. The van der Waals surface area contributed by atoms with E-state index in [1.807, 2.05) is 24.3 Å². The van der Waals surface area contributed by atoms with Gasteiger partial charge in [0.1, 0.15) is 17.6 Å². The molecule has 0 aliphatic heterocycles. The van der Waals surface area contributed by atoms with E-state index in [2.05, 4.69) is 5.32 Å². The van der Waals surface area contributed by atoms with Crippen LogP contribution in [0.1, 0.15) is 18.9 Å². The average Bonchev–Trinajstić information content (AvgIpc) is 2.64. The lowest BCUT2D eigenvalue weighted by Gasteiger charge is -2.28. The van der Waals surface area contributed by atoms with Crippen LogP contribution in [0.25, 0.3) is 0 Å². The van der Waals surface area contributed by atoms with E-state index in [1.54, 1.807) is 7.11 Å². The maximum Gasteiger partial charge on any atom is 0.243 e. The summed E-state index contributed by atoms with van der Waals surface area (Å²) in [5.41, 5.74) is 1.14. The normalized spacial score (nSPS) is 12.3. The molecule has 1 N–H and O–H groups in total. The van der Waals surface area contributed by atoms with Crippen molar-refractivity contribution in [1.29, 1.82) is 0 Å². The van der Waals surface area contributed by atoms with Crippen LogP contribution in [0, 0.1) is 5.82 Å². The first-order valence-corrected chi connectivity index (χ1v) is 10.7. The number of benzene rings is 2. The van der Waals surface area contributed by atoms with Crippen molar-refractivity contribution in [1.82, 2.24) is 5.32 Å². The lowest BCUT2D eigenvalue weighted by molar-refractivity contribution is -0.121. The van der Waals surface area contributed by atoms with E-state index in [4.69, 9.17) is 4.74 Å². The Morgan fingerprint density at radius 2 is 1.93 bits per heavy atom. The molecule has 1 atom stereocenters. The van der Waals surface area contributed by atoms with Crippen molar-refractivity contribution in [3.8, 4) is 5.75 Å². The van der Waals surface area contributed by atoms with Gasteiger partial charge in [-0.2, -0.15) is 0 Å². The molecule has 0 aliphatic rings. The van der Waals surface area contributed by atoms with Crippen LogP contribution < -0.4 is 14.4 Å². The molecule has 8 heteroatoms. The zero-order valence-electron chi connectivity index (χ0n) is 16.2. The SMILES string of the molecule is COc1ccccc1CCCNC(=O)C(C)N(c1cccc(F)c1)S(C)(=O)=O. The number of nitrogens with one attached hydrogen (secondary N) is 1. The largest absolute Gasteiger partial charge is 0.496 e. The molecule has 6 nitrogen and oxygen atoms in total. The maximum absolute atomic E-state index is 13.5. The van der Waals surface area contributed by atoms with Gasteiger partial charge >= 0.3 is 0 Å². The molecule has 28 heavy (non-hydrogen) atoms. The topological polar surface area (TPSA) is 75.7 Å². The fraction of sp³-hybridized carbons (Fsp3) is 0.350. The number of anilines is 1. The zero-order chi connectivity index (χ0) is 20.7. The van der Waals surface area contributed by atoms with Crippen molar-refractivity contribution in [2.24, 2.45) is 0 Å². The van der Waals surface area contributed by atoms with Gasteiger partial charge < -0.3 is 10.1 Å². The Kier molecular flexibility index (Phi) is 7.39. The van der Waals surface area contributed by atoms with Crippen LogP contribution in [0.4, 0.5) is 10.1 Å². The first kappa shape index (κ1) is 21.7. The Bertz CT molecular complexity index is 918. The summed E-state index contributed by atoms with van der Waals surface area (Å²) in [5.74, 6) is -0.234. The number of aryl methyl sites for hydroxylation is 1. The Labute approximate surface area is 165 Å². The Morgan fingerprint density at radius 3 is 2.57 bits per heavy atom. The number of rotatable bonds is 9. The van der Waals surface area contributed by atoms with Crippen molar-refractivity contribution >= 4 is 21.6 Å². The number of methoxy groups -OCH3 is 1. The van der Waals surface area contributed by atoms with E-state index in [0.29, 0.717) is 19.4 Å².